The molecule has 0 radical (unpaired) electrons. The van der Waals surface area contributed by atoms with Crippen molar-refractivity contribution in [3.8, 4) is 11.5 Å². The molecular formula is C23H30NO9P. The Hall–Kier alpha value is -2.23. The standard InChI is InChI=1S/C23H30NO9P/c1-11-14(8-7-13-16(25)15(12(2)24-29-4)21(27)31-18(11)13)30-22-19(33-34)17(26)20(28-3)23(32-22)9-5-6-10-23/h7-8,17,19-20,22,25-26H,5-6,9-10,34H2,1-4H3/t17-,19?,20+,22+/m0/s1. The van der Waals surface area contributed by atoms with Crippen molar-refractivity contribution in [1.82, 2.24) is 0 Å². The van der Waals surface area contributed by atoms with Crippen molar-refractivity contribution in [2.45, 2.75) is 69.7 Å². The smallest absolute Gasteiger partial charge is 0.349 e. The Kier molecular flexibility index (Phi) is 7.17. The Balaban J connectivity index is 1.73. The SMILES string of the molecule is CON=C(C)c1c(O)c2ccc(O[C@@H]3OC4(CCCC4)[C@H](OC)[C@@H](O)C3OP)c(C)c2oc1=O. The predicted molar refractivity (Wildman–Crippen MR) is 126 cm³/mol. The van der Waals surface area contributed by atoms with Gasteiger partial charge in [-0.3, -0.25) is 0 Å². The van der Waals surface area contributed by atoms with Gasteiger partial charge in [-0.2, -0.15) is 0 Å². The molecule has 1 spiro atoms. The number of methoxy groups -OCH3 is 1. The highest BCUT2D eigenvalue weighted by molar-refractivity contribution is 7.09. The van der Waals surface area contributed by atoms with Gasteiger partial charge in [0.25, 0.3) is 0 Å². The van der Waals surface area contributed by atoms with Crippen LogP contribution in [0.5, 0.6) is 11.5 Å². The first-order valence-electron chi connectivity index (χ1n) is 11.1. The van der Waals surface area contributed by atoms with Crippen molar-refractivity contribution >= 4 is 26.1 Å². The maximum Gasteiger partial charge on any atom is 0.349 e. The molecule has 2 unspecified atom stereocenters. The molecule has 34 heavy (non-hydrogen) atoms. The molecule has 1 aliphatic heterocycles. The second-order valence-corrected chi connectivity index (χ2v) is 8.93. The van der Waals surface area contributed by atoms with E-state index in [1.165, 1.54) is 14.0 Å². The Morgan fingerprint density at radius 3 is 2.59 bits per heavy atom. The maximum absolute atomic E-state index is 12.6. The van der Waals surface area contributed by atoms with Crippen molar-refractivity contribution in [3.05, 3.63) is 33.7 Å². The Labute approximate surface area is 199 Å². The van der Waals surface area contributed by atoms with E-state index in [2.05, 4.69) is 14.6 Å². The van der Waals surface area contributed by atoms with Gasteiger partial charge in [0.05, 0.1) is 11.1 Å². The Bertz CT molecular complexity index is 1140. The van der Waals surface area contributed by atoms with Crippen LogP contribution in [0.4, 0.5) is 0 Å². The fourth-order valence-corrected chi connectivity index (χ4v) is 5.39. The number of fused-ring (bicyclic) bond motifs is 1. The van der Waals surface area contributed by atoms with Crippen molar-refractivity contribution in [2.24, 2.45) is 5.16 Å². The summed E-state index contributed by atoms with van der Waals surface area (Å²) in [4.78, 5) is 17.3. The average molecular weight is 495 g/mol. The van der Waals surface area contributed by atoms with Crippen molar-refractivity contribution in [1.29, 1.82) is 0 Å². The number of ether oxygens (including phenoxy) is 3. The number of aryl methyl sites for hydroxylation is 1. The third-order valence-electron chi connectivity index (χ3n) is 6.73. The van der Waals surface area contributed by atoms with Gasteiger partial charge in [-0.15, -0.1) is 0 Å². The lowest BCUT2D eigenvalue weighted by Gasteiger charge is -2.49. The molecule has 2 N–H and O–H groups in total. The summed E-state index contributed by atoms with van der Waals surface area (Å²) in [5.41, 5.74) is -0.681. The highest BCUT2D eigenvalue weighted by atomic mass is 31.0. The number of nitrogens with zero attached hydrogens (tertiary/aromatic N) is 1. The second kappa shape index (κ2) is 9.79. The van der Waals surface area contributed by atoms with Gasteiger partial charge in [0.2, 0.25) is 6.29 Å². The zero-order valence-corrected chi connectivity index (χ0v) is 20.7. The van der Waals surface area contributed by atoms with Gasteiger partial charge < -0.3 is 38.2 Å². The molecule has 10 nitrogen and oxygen atoms in total. The molecule has 1 saturated heterocycles. The molecule has 186 valence electrons. The summed E-state index contributed by atoms with van der Waals surface area (Å²) in [6, 6.07) is 3.22. The summed E-state index contributed by atoms with van der Waals surface area (Å²) in [6.07, 6.45) is 0.0677. The van der Waals surface area contributed by atoms with Crippen LogP contribution >= 0.6 is 9.47 Å². The van der Waals surface area contributed by atoms with E-state index in [1.807, 2.05) is 0 Å². The molecule has 2 heterocycles. The molecule has 0 amide bonds. The number of oxime groups is 1. The molecule has 2 aliphatic rings. The number of aliphatic hydroxyl groups is 1. The summed E-state index contributed by atoms with van der Waals surface area (Å²) >= 11 is 0. The van der Waals surface area contributed by atoms with Crippen LogP contribution in [0, 0.1) is 6.92 Å². The number of benzene rings is 1. The van der Waals surface area contributed by atoms with Crippen LogP contribution in [0.15, 0.2) is 26.5 Å². The van der Waals surface area contributed by atoms with Crippen LogP contribution in [0.1, 0.15) is 43.7 Å². The number of rotatable bonds is 6. The van der Waals surface area contributed by atoms with E-state index in [0.717, 1.165) is 25.7 Å². The fourth-order valence-electron chi connectivity index (χ4n) is 5.10. The Morgan fingerprint density at radius 2 is 1.97 bits per heavy atom. The van der Waals surface area contributed by atoms with Crippen LogP contribution in [-0.4, -0.2) is 60.3 Å². The minimum atomic E-state index is -0.979. The number of aliphatic hydroxyl groups excluding tert-OH is 1. The number of aromatic hydroxyl groups is 1. The lowest BCUT2D eigenvalue weighted by Crippen LogP contribution is -2.65. The summed E-state index contributed by atoms with van der Waals surface area (Å²) in [7, 11) is 5.04. The van der Waals surface area contributed by atoms with E-state index < -0.39 is 35.8 Å². The molecule has 5 atom stereocenters. The van der Waals surface area contributed by atoms with Crippen molar-refractivity contribution in [2.75, 3.05) is 14.2 Å². The fraction of sp³-hybridized carbons (Fsp3) is 0.565. The van der Waals surface area contributed by atoms with Gasteiger partial charge >= 0.3 is 5.63 Å². The molecule has 1 aliphatic carbocycles. The maximum atomic E-state index is 12.6. The van der Waals surface area contributed by atoms with Gasteiger partial charge in [-0.25, -0.2) is 4.79 Å². The first-order chi connectivity index (χ1) is 16.3. The first kappa shape index (κ1) is 24.9. The van der Waals surface area contributed by atoms with E-state index in [-0.39, 0.29) is 22.6 Å². The van der Waals surface area contributed by atoms with E-state index in [0.29, 0.717) is 16.7 Å². The first-order valence-corrected chi connectivity index (χ1v) is 11.5. The molecule has 2 fully saturated rings. The van der Waals surface area contributed by atoms with E-state index in [4.69, 9.17) is 28.0 Å². The van der Waals surface area contributed by atoms with Crippen LogP contribution in [0.25, 0.3) is 11.0 Å². The highest BCUT2D eigenvalue weighted by Crippen LogP contribution is 2.45. The lowest BCUT2D eigenvalue weighted by molar-refractivity contribution is -0.307. The minimum absolute atomic E-state index is 0.0774. The Morgan fingerprint density at radius 1 is 1.26 bits per heavy atom. The van der Waals surface area contributed by atoms with E-state index in [9.17, 15) is 15.0 Å². The molecule has 4 rings (SSSR count). The third-order valence-corrected chi connectivity index (χ3v) is 7.04. The largest absolute Gasteiger partial charge is 0.506 e. The summed E-state index contributed by atoms with van der Waals surface area (Å²) in [5.74, 6) is 0.0981. The zero-order valence-electron chi connectivity index (χ0n) is 19.6. The molecular weight excluding hydrogens is 465 g/mol. The van der Waals surface area contributed by atoms with Gasteiger partial charge in [-0.05, 0) is 38.8 Å². The van der Waals surface area contributed by atoms with Gasteiger partial charge in [0, 0.05) is 22.1 Å². The minimum Gasteiger partial charge on any atom is -0.506 e. The van der Waals surface area contributed by atoms with Gasteiger partial charge in [0.1, 0.15) is 47.6 Å². The summed E-state index contributed by atoms with van der Waals surface area (Å²) < 4.78 is 29.2. The average Bonchev–Trinajstić information content (AvgIpc) is 3.25. The quantitative estimate of drug-likeness (QED) is 0.269. The molecule has 2 aromatic rings. The normalized spacial score (nSPS) is 26.8. The summed E-state index contributed by atoms with van der Waals surface area (Å²) in [6.45, 7) is 3.24. The van der Waals surface area contributed by atoms with Crippen LogP contribution in [-0.2, 0) is 18.8 Å². The predicted octanol–water partition coefficient (Wildman–Crippen LogP) is 2.78. The van der Waals surface area contributed by atoms with Crippen LogP contribution in [0.3, 0.4) is 0 Å². The molecule has 0 bridgehead atoms. The topological polar surface area (TPSA) is 129 Å². The summed E-state index contributed by atoms with van der Waals surface area (Å²) in [5, 5.41) is 25.8. The van der Waals surface area contributed by atoms with Crippen LogP contribution < -0.4 is 10.4 Å². The monoisotopic (exact) mass is 495 g/mol. The molecule has 1 saturated carbocycles. The highest BCUT2D eigenvalue weighted by Gasteiger charge is 2.57. The third kappa shape index (κ3) is 4.07. The number of hydrogen-bond donors (Lipinski definition) is 2. The van der Waals surface area contributed by atoms with E-state index in [1.54, 1.807) is 26.2 Å². The van der Waals surface area contributed by atoms with E-state index >= 15 is 0 Å². The number of hydrogen-bond acceptors (Lipinski definition) is 10. The second-order valence-electron chi connectivity index (χ2n) is 8.66. The van der Waals surface area contributed by atoms with Gasteiger partial charge in [-0.1, -0.05) is 18.0 Å². The van der Waals surface area contributed by atoms with Crippen LogP contribution in [0.2, 0.25) is 0 Å². The van der Waals surface area contributed by atoms with Crippen molar-refractivity contribution < 1.29 is 38.2 Å². The molecule has 1 aromatic carbocycles. The zero-order chi connectivity index (χ0) is 24.6. The van der Waals surface area contributed by atoms with Crippen molar-refractivity contribution in [3.63, 3.8) is 0 Å². The molecule has 11 heteroatoms. The lowest BCUT2D eigenvalue weighted by atomic mass is 9.85. The van der Waals surface area contributed by atoms with Gasteiger partial charge in [0.15, 0.2) is 6.10 Å². The molecule has 1 aromatic heterocycles.